The average molecular weight is 394 g/mol. The van der Waals surface area contributed by atoms with Crippen LogP contribution in [0.25, 0.3) is 0 Å². The highest BCUT2D eigenvalue weighted by Crippen LogP contribution is 2.24. The topological polar surface area (TPSA) is 0 Å². The maximum atomic E-state index is 13.0. The first kappa shape index (κ1) is 9.92. The molecule has 0 fully saturated rings. The normalized spacial score (nSPS) is 10.2. The van der Waals surface area contributed by atoms with Gasteiger partial charge in [-0.25, -0.2) is 4.39 Å². The molecule has 0 amide bonds. The highest BCUT2D eigenvalue weighted by molar-refractivity contribution is 14.1. The zero-order valence-corrected chi connectivity index (χ0v) is 10.7. The molecule has 0 N–H and O–H groups in total. The molecular formula is C7H4Br2FI. The molecule has 0 atom stereocenters. The van der Waals surface area contributed by atoms with Gasteiger partial charge in [0.1, 0.15) is 5.82 Å². The van der Waals surface area contributed by atoms with E-state index < -0.39 is 0 Å². The molecule has 4 heteroatoms. The van der Waals surface area contributed by atoms with Crippen molar-refractivity contribution in [1.29, 1.82) is 0 Å². The summed E-state index contributed by atoms with van der Waals surface area (Å²) >= 11 is 8.49. The minimum atomic E-state index is -0.172. The predicted octanol–water partition coefficient (Wildman–Crippen LogP) is 4.09. The van der Waals surface area contributed by atoms with E-state index in [2.05, 4.69) is 31.9 Å². The fraction of sp³-hybridized carbons (Fsp3) is 0.143. The molecule has 0 aliphatic carbocycles. The van der Waals surface area contributed by atoms with Crippen molar-refractivity contribution in [3.05, 3.63) is 31.6 Å². The van der Waals surface area contributed by atoms with Gasteiger partial charge in [0.15, 0.2) is 0 Å². The summed E-state index contributed by atoms with van der Waals surface area (Å²) in [6, 6.07) is 3.43. The van der Waals surface area contributed by atoms with Crippen LogP contribution in [0.15, 0.2) is 16.6 Å². The van der Waals surface area contributed by atoms with Gasteiger partial charge in [0.05, 0.1) is 3.57 Å². The lowest BCUT2D eigenvalue weighted by Crippen LogP contribution is -1.87. The molecule has 1 rings (SSSR count). The third kappa shape index (κ3) is 2.39. The van der Waals surface area contributed by atoms with E-state index >= 15 is 0 Å². The van der Waals surface area contributed by atoms with Gasteiger partial charge in [-0.1, -0.05) is 15.9 Å². The molecule has 0 nitrogen and oxygen atoms in total. The van der Waals surface area contributed by atoms with E-state index in [0.29, 0.717) is 8.90 Å². The second kappa shape index (κ2) is 4.18. The third-order valence-electron chi connectivity index (χ3n) is 1.20. The quantitative estimate of drug-likeness (QED) is 0.383. The van der Waals surface area contributed by atoms with Gasteiger partial charge in [0, 0.05) is 9.80 Å². The van der Waals surface area contributed by atoms with Crippen LogP contribution in [-0.4, -0.2) is 0 Å². The Morgan fingerprint density at radius 2 is 2.09 bits per heavy atom. The first-order valence-electron chi connectivity index (χ1n) is 2.84. The summed E-state index contributed by atoms with van der Waals surface area (Å²) in [5.74, 6) is -0.172. The van der Waals surface area contributed by atoms with Crippen LogP contribution in [-0.2, 0) is 5.33 Å². The van der Waals surface area contributed by atoms with Gasteiger partial charge < -0.3 is 0 Å². The van der Waals surface area contributed by atoms with Gasteiger partial charge in [-0.2, -0.15) is 0 Å². The summed E-state index contributed by atoms with van der Waals surface area (Å²) in [6.07, 6.45) is 0. The van der Waals surface area contributed by atoms with Crippen LogP contribution >= 0.6 is 54.5 Å². The van der Waals surface area contributed by atoms with Crippen molar-refractivity contribution in [3.8, 4) is 0 Å². The predicted molar refractivity (Wildman–Crippen MR) is 59.4 cm³/mol. The zero-order valence-electron chi connectivity index (χ0n) is 5.37. The Morgan fingerprint density at radius 1 is 1.45 bits per heavy atom. The third-order valence-corrected chi connectivity index (χ3v) is 4.31. The summed E-state index contributed by atoms with van der Waals surface area (Å²) in [5, 5.41) is 0.680. The summed E-state index contributed by atoms with van der Waals surface area (Å²) < 4.78 is 14.4. The maximum Gasteiger partial charge on any atom is 0.137 e. The number of hydrogen-bond donors (Lipinski definition) is 0. The molecule has 60 valence electrons. The molecule has 0 aromatic heterocycles. The molecule has 0 saturated carbocycles. The molecular weight excluding hydrogens is 390 g/mol. The second-order valence-corrected chi connectivity index (χ2v) is 4.50. The number of hydrogen-bond acceptors (Lipinski definition) is 0. The van der Waals surface area contributed by atoms with Gasteiger partial charge in [-0.05, 0) is 56.2 Å². The van der Waals surface area contributed by atoms with Crippen LogP contribution in [0.3, 0.4) is 0 Å². The Hall–Kier alpha value is 0.840. The first-order valence-corrected chi connectivity index (χ1v) is 5.84. The molecule has 0 aliphatic rings. The van der Waals surface area contributed by atoms with Crippen molar-refractivity contribution < 1.29 is 4.39 Å². The van der Waals surface area contributed by atoms with Crippen LogP contribution in [0.4, 0.5) is 4.39 Å². The maximum absolute atomic E-state index is 13.0. The molecule has 1 aromatic carbocycles. The summed E-state index contributed by atoms with van der Waals surface area (Å²) in [4.78, 5) is 0. The van der Waals surface area contributed by atoms with Crippen molar-refractivity contribution in [2.45, 2.75) is 5.33 Å². The van der Waals surface area contributed by atoms with Gasteiger partial charge in [-0.15, -0.1) is 0 Å². The molecule has 0 heterocycles. The monoisotopic (exact) mass is 392 g/mol. The lowest BCUT2D eigenvalue weighted by molar-refractivity contribution is 0.618. The Bertz CT molecular complexity index is 252. The molecule has 11 heavy (non-hydrogen) atoms. The van der Waals surface area contributed by atoms with Crippen molar-refractivity contribution in [2.75, 3.05) is 0 Å². The summed E-state index contributed by atoms with van der Waals surface area (Å²) in [7, 11) is 0. The minimum absolute atomic E-state index is 0.172. The van der Waals surface area contributed by atoms with Crippen LogP contribution in [0, 0.1) is 9.39 Å². The molecule has 1 aromatic rings. The molecule has 0 spiro atoms. The van der Waals surface area contributed by atoms with Gasteiger partial charge >= 0.3 is 0 Å². The van der Waals surface area contributed by atoms with Crippen LogP contribution in [0.5, 0.6) is 0 Å². The van der Waals surface area contributed by atoms with E-state index in [1.807, 2.05) is 28.7 Å². The molecule has 0 saturated heterocycles. The molecule has 0 unspecified atom stereocenters. The summed E-state index contributed by atoms with van der Waals surface area (Å²) in [6.45, 7) is 0. The zero-order chi connectivity index (χ0) is 8.43. The van der Waals surface area contributed by atoms with Crippen LogP contribution in [0.1, 0.15) is 5.56 Å². The van der Waals surface area contributed by atoms with E-state index in [1.165, 1.54) is 6.07 Å². The molecule has 0 bridgehead atoms. The lowest BCUT2D eigenvalue weighted by atomic mass is 10.2. The molecule has 0 radical (unpaired) electrons. The van der Waals surface area contributed by atoms with Gasteiger partial charge in [0.2, 0.25) is 0 Å². The SMILES string of the molecule is Fc1cc(CBr)cc(Br)c1I. The Balaban J connectivity index is 3.21. The Kier molecular flexibility index (Phi) is 3.77. The standard InChI is InChI=1S/C7H4Br2FI/c8-3-4-1-5(9)7(11)6(10)2-4/h1-2H,3H2. The second-order valence-electron chi connectivity index (χ2n) is 2.01. The number of alkyl halides is 1. The number of benzene rings is 1. The highest BCUT2D eigenvalue weighted by Gasteiger charge is 2.04. The largest absolute Gasteiger partial charge is 0.206 e. The number of halogens is 4. The fourth-order valence-electron chi connectivity index (χ4n) is 0.685. The summed E-state index contributed by atoms with van der Waals surface area (Å²) in [5.41, 5.74) is 0.940. The fourth-order valence-corrected chi connectivity index (χ4v) is 1.80. The minimum Gasteiger partial charge on any atom is -0.206 e. The molecule has 0 aliphatic heterocycles. The van der Waals surface area contributed by atoms with Crippen LogP contribution < -0.4 is 0 Å². The lowest BCUT2D eigenvalue weighted by Gasteiger charge is -2.00. The van der Waals surface area contributed by atoms with E-state index in [9.17, 15) is 4.39 Å². The van der Waals surface area contributed by atoms with Crippen LogP contribution in [0.2, 0.25) is 0 Å². The first-order chi connectivity index (χ1) is 5.15. The Labute approximate surface area is 95.0 Å². The van der Waals surface area contributed by atoms with E-state index in [4.69, 9.17) is 0 Å². The van der Waals surface area contributed by atoms with Gasteiger partial charge in [-0.3, -0.25) is 0 Å². The van der Waals surface area contributed by atoms with Crippen molar-refractivity contribution in [3.63, 3.8) is 0 Å². The smallest absolute Gasteiger partial charge is 0.137 e. The number of rotatable bonds is 1. The average Bonchev–Trinajstić information content (AvgIpc) is 1.99. The van der Waals surface area contributed by atoms with E-state index in [-0.39, 0.29) is 5.82 Å². The van der Waals surface area contributed by atoms with Gasteiger partial charge in [0.25, 0.3) is 0 Å². The Morgan fingerprint density at radius 3 is 2.55 bits per heavy atom. The highest BCUT2D eigenvalue weighted by atomic mass is 127. The van der Waals surface area contributed by atoms with Crippen molar-refractivity contribution in [1.82, 2.24) is 0 Å². The van der Waals surface area contributed by atoms with E-state index in [0.717, 1.165) is 10.0 Å². The van der Waals surface area contributed by atoms with E-state index in [1.54, 1.807) is 0 Å². The van der Waals surface area contributed by atoms with Crippen molar-refractivity contribution >= 4 is 54.5 Å². The van der Waals surface area contributed by atoms with Crippen molar-refractivity contribution in [2.24, 2.45) is 0 Å².